The van der Waals surface area contributed by atoms with Crippen LogP contribution in [-0.2, 0) is 14.8 Å². The molecule has 0 unspecified atom stereocenters. The highest BCUT2D eigenvalue weighted by Crippen LogP contribution is 2.20. The van der Waals surface area contributed by atoms with Gasteiger partial charge in [0.05, 0.1) is 17.7 Å². The SMILES string of the molecule is Cc1cccc(C=NNC(=O)CN2CCN(S(=O)(=O)c3ccc(Br)cc3)CC2)c1. The van der Waals surface area contributed by atoms with Gasteiger partial charge >= 0.3 is 0 Å². The summed E-state index contributed by atoms with van der Waals surface area (Å²) in [5, 5.41) is 3.99. The van der Waals surface area contributed by atoms with Gasteiger partial charge < -0.3 is 0 Å². The summed E-state index contributed by atoms with van der Waals surface area (Å²) < 4.78 is 27.7. The Bertz CT molecular complexity index is 985. The highest BCUT2D eigenvalue weighted by molar-refractivity contribution is 9.10. The van der Waals surface area contributed by atoms with Gasteiger partial charge in [0.1, 0.15) is 0 Å². The largest absolute Gasteiger partial charge is 0.292 e. The molecule has 1 heterocycles. The molecule has 0 aliphatic carbocycles. The molecule has 2 aromatic rings. The van der Waals surface area contributed by atoms with Gasteiger partial charge in [-0.1, -0.05) is 45.8 Å². The molecule has 2 aromatic carbocycles. The summed E-state index contributed by atoms with van der Waals surface area (Å²) in [6, 6.07) is 14.4. The summed E-state index contributed by atoms with van der Waals surface area (Å²) in [6.45, 7) is 3.84. The minimum Gasteiger partial charge on any atom is -0.292 e. The maximum absolute atomic E-state index is 12.7. The first-order chi connectivity index (χ1) is 13.8. The third-order valence-electron chi connectivity index (χ3n) is 4.59. The number of rotatable bonds is 6. The van der Waals surface area contributed by atoms with E-state index < -0.39 is 10.0 Å². The number of carbonyl (C=O) groups is 1. The molecular weight excluding hydrogens is 456 g/mol. The lowest BCUT2D eigenvalue weighted by atomic mass is 10.2. The lowest BCUT2D eigenvalue weighted by Crippen LogP contribution is -2.50. The number of hydrazone groups is 1. The summed E-state index contributed by atoms with van der Waals surface area (Å²) in [7, 11) is -3.52. The number of hydrogen-bond acceptors (Lipinski definition) is 5. The number of aryl methyl sites for hydroxylation is 1. The summed E-state index contributed by atoms with van der Waals surface area (Å²) in [4.78, 5) is 14.3. The molecular formula is C20H23BrN4O3S. The molecule has 0 aromatic heterocycles. The molecule has 9 heteroatoms. The van der Waals surface area contributed by atoms with E-state index in [0.29, 0.717) is 26.2 Å². The predicted molar refractivity (Wildman–Crippen MR) is 116 cm³/mol. The van der Waals surface area contributed by atoms with E-state index >= 15 is 0 Å². The van der Waals surface area contributed by atoms with Crippen molar-refractivity contribution in [2.24, 2.45) is 5.10 Å². The van der Waals surface area contributed by atoms with Crippen LogP contribution in [0, 0.1) is 6.92 Å². The Morgan fingerprint density at radius 3 is 2.48 bits per heavy atom. The molecule has 0 radical (unpaired) electrons. The molecule has 0 atom stereocenters. The lowest BCUT2D eigenvalue weighted by Gasteiger charge is -2.33. The van der Waals surface area contributed by atoms with Gasteiger partial charge in [-0.3, -0.25) is 9.69 Å². The standard InChI is InChI=1S/C20H23BrN4O3S/c1-16-3-2-4-17(13-16)14-22-23-20(26)15-24-9-11-25(12-10-24)29(27,28)19-7-5-18(21)6-8-19/h2-8,13-14H,9-12,15H2,1H3,(H,23,26). The van der Waals surface area contributed by atoms with Gasteiger partial charge in [-0.15, -0.1) is 0 Å². The predicted octanol–water partition coefficient (Wildman–Crippen LogP) is 2.21. The first-order valence-corrected chi connectivity index (χ1v) is 11.4. The van der Waals surface area contributed by atoms with Crippen LogP contribution in [0.3, 0.4) is 0 Å². The second-order valence-electron chi connectivity index (χ2n) is 6.84. The molecule has 1 aliphatic rings. The van der Waals surface area contributed by atoms with Crippen LogP contribution in [0.4, 0.5) is 0 Å². The monoisotopic (exact) mass is 478 g/mol. The van der Waals surface area contributed by atoms with Crippen LogP contribution in [0.25, 0.3) is 0 Å². The van der Waals surface area contributed by atoms with E-state index in [9.17, 15) is 13.2 Å². The van der Waals surface area contributed by atoms with Gasteiger partial charge in [0, 0.05) is 30.7 Å². The van der Waals surface area contributed by atoms with Gasteiger partial charge in [0.2, 0.25) is 10.0 Å². The third kappa shape index (κ3) is 5.96. The Balaban J connectivity index is 1.48. The zero-order chi connectivity index (χ0) is 20.9. The van der Waals surface area contributed by atoms with Crippen molar-refractivity contribution in [2.45, 2.75) is 11.8 Å². The van der Waals surface area contributed by atoms with Gasteiger partial charge in [0.25, 0.3) is 5.91 Å². The zero-order valence-corrected chi connectivity index (χ0v) is 18.5. The lowest BCUT2D eigenvalue weighted by molar-refractivity contribution is -0.122. The zero-order valence-electron chi connectivity index (χ0n) is 16.1. The molecule has 1 saturated heterocycles. The molecule has 1 amide bonds. The molecule has 0 bridgehead atoms. The van der Waals surface area contributed by atoms with Crippen molar-refractivity contribution in [1.82, 2.24) is 14.6 Å². The van der Waals surface area contributed by atoms with Crippen molar-refractivity contribution in [2.75, 3.05) is 32.7 Å². The highest BCUT2D eigenvalue weighted by atomic mass is 79.9. The smallest absolute Gasteiger partial charge is 0.254 e. The fourth-order valence-corrected chi connectivity index (χ4v) is 4.74. The van der Waals surface area contributed by atoms with Crippen LogP contribution < -0.4 is 5.43 Å². The van der Waals surface area contributed by atoms with E-state index in [1.165, 1.54) is 4.31 Å². The van der Waals surface area contributed by atoms with Crippen LogP contribution in [0.5, 0.6) is 0 Å². The third-order valence-corrected chi connectivity index (χ3v) is 7.04. The number of benzene rings is 2. The molecule has 1 N–H and O–H groups in total. The Hall–Kier alpha value is -2.07. The number of halogens is 1. The summed E-state index contributed by atoms with van der Waals surface area (Å²) >= 11 is 3.31. The molecule has 0 spiro atoms. The van der Waals surface area contributed by atoms with Gasteiger partial charge in [-0.2, -0.15) is 9.41 Å². The first-order valence-electron chi connectivity index (χ1n) is 9.21. The van der Waals surface area contributed by atoms with Crippen molar-refractivity contribution in [3.8, 4) is 0 Å². The number of piperazine rings is 1. The summed E-state index contributed by atoms with van der Waals surface area (Å²) in [6.07, 6.45) is 1.60. The van der Waals surface area contributed by atoms with Gasteiger partial charge in [-0.25, -0.2) is 13.8 Å². The second-order valence-corrected chi connectivity index (χ2v) is 9.70. The van der Waals surface area contributed by atoms with E-state index in [0.717, 1.165) is 15.6 Å². The molecule has 7 nitrogen and oxygen atoms in total. The van der Waals surface area contributed by atoms with Gasteiger partial charge in [-0.05, 0) is 36.8 Å². The Labute approximate surface area is 179 Å². The topological polar surface area (TPSA) is 82.1 Å². The van der Waals surface area contributed by atoms with Crippen molar-refractivity contribution in [1.29, 1.82) is 0 Å². The maximum Gasteiger partial charge on any atom is 0.254 e. The minimum absolute atomic E-state index is 0.178. The van der Waals surface area contributed by atoms with Crippen molar-refractivity contribution in [3.63, 3.8) is 0 Å². The molecule has 1 aliphatic heterocycles. The number of amides is 1. The van der Waals surface area contributed by atoms with Crippen LogP contribution in [-0.4, -0.2) is 62.5 Å². The second kappa shape index (κ2) is 9.62. The van der Waals surface area contributed by atoms with Crippen molar-refractivity contribution in [3.05, 3.63) is 64.1 Å². The molecule has 1 fully saturated rings. The summed E-state index contributed by atoms with van der Waals surface area (Å²) in [5.41, 5.74) is 4.56. The Kier molecular flexibility index (Phi) is 7.18. The Morgan fingerprint density at radius 2 is 1.83 bits per heavy atom. The normalized spacial score (nSPS) is 16.2. The minimum atomic E-state index is -3.52. The molecule has 3 rings (SSSR count). The fraction of sp³-hybridized carbons (Fsp3) is 0.300. The number of hydrogen-bond donors (Lipinski definition) is 1. The fourth-order valence-electron chi connectivity index (χ4n) is 3.05. The van der Waals surface area contributed by atoms with Crippen molar-refractivity contribution >= 4 is 38.1 Å². The van der Waals surface area contributed by atoms with E-state index in [2.05, 4.69) is 26.5 Å². The van der Waals surface area contributed by atoms with Crippen molar-refractivity contribution < 1.29 is 13.2 Å². The van der Waals surface area contributed by atoms with Gasteiger partial charge in [0.15, 0.2) is 0 Å². The average Bonchev–Trinajstić information content (AvgIpc) is 2.69. The first kappa shape index (κ1) is 21.6. The number of carbonyl (C=O) groups excluding carboxylic acids is 1. The molecule has 0 saturated carbocycles. The maximum atomic E-state index is 12.7. The summed E-state index contributed by atoms with van der Waals surface area (Å²) in [5.74, 6) is -0.224. The Morgan fingerprint density at radius 1 is 1.14 bits per heavy atom. The average molecular weight is 479 g/mol. The van der Waals surface area contributed by atoms with Crippen LogP contribution in [0.15, 0.2) is 63.0 Å². The van der Waals surface area contributed by atoms with E-state index in [-0.39, 0.29) is 17.3 Å². The highest BCUT2D eigenvalue weighted by Gasteiger charge is 2.28. The number of sulfonamides is 1. The number of nitrogens with one attached hydrogen (secondary N) is 1. The van der Waals surface area contributed by atoms with E-state index in [1.54, 1.807) is 30.5 Å². The van der Waals surface area contributed by atoms with Crippen LogP contribution in [0.1, 0.15) is 11.1 Å². The van der Waals surface area contributed by atoms with Crippen LogP contribution >= 0.6 is 15.9 Å². The van der Waals surface area contributed by atoms with E-state index in [1.807, 2.05) is 36.1 Å². The molecule has 29 heavy (non-hydrogen) atoms. The van der Waals surface area contributed by atoms with E-state index in [4.69, 9.17) is 0 Å². The molecule has 154 valence electrons. The quantitative estimate of drug-likeness (QED) is 0.509. The number of nitrogens with zero attached hydrogens (tertiary/aromatic N) is 3. The van der Waals surface area contributed by atoms with Crippen LogP contribution in [0.2, 0.25) is 0 Å².